The highest BCUT2D eigenvalue weighted by Gasteiger charge is 2.37. The first kappa shape index (κ1) is 27.5. The molecule has 2 aromatic rings. The topological polar surface area (TPSA) is 71.6 Å². The van der Waals surface area contributed by atoms with Crippen LogP contribution in [0.1, 0.15) is 42.5 Å². The number of halogens is 7. The first-order valence-electron chi connectivity index (χ1n) is 10.1. The molecule has 0 aliphatic heterocycles. The van der Waals surface area contributed by atoms with Crippen LogP contribution in [-0.4, -0.2) is 21.6 Å². The number of amides is 1. The van der Waals surface area contributed by atoms with Crippen LogP contribution in [0.15, 0.2) is 60.6 Å². The van der Waals surface area contributed by atoms with Gasteiger partial charge < -0.3 is 5.73 Å². The average Bonchev–Trinajstić information content (AvgIpc) is 2.78. The lowest BCUT2D eigenvalue weighted by atomic mass is 9.93. The molecule has 2 N–H and O–H groups in total. The molecule has 0 fully saturated rings. The highest BCUT2D eigenvalue weighted by Crippen LogP contribution is 2.37. The maximum atomic E-state index is 13.4. The molecule has 0 aliphatic carbocycles. The maximum absolute atomic E-state index is 13.4. The van der Waals surface area contributed by atoms with E-state index >= 15 is 0 Å². The van der Waals surface area contributed by atoms with Gasteiger partial charge >= 0.3 is 12.4 Å². The predicted octanol–water partition coefficient (Wildman–Crippen LogP) is 5.98. The van der Waals surface area contributed by atoms with Crippen LogP contribution in [0.2, 0.25) is 0 Å². The Morgan fingerprint density at radius 3 is 2.09 bits per heavy atom. The monoisotopic (exact) mass is 502 g/mol. The molecule has 0 bridgehead atoms. The molecule has 2 rings (SSSR count). The van der Waals surface area contributed by atoms with Gasteiger partial charge in [0.1, 0.15) is 0 Å². The lowest BCUT2D eigenvalue weighted by Gasteiger charge is -2.20. The number of rotatable bonds is 8. The summed E-state index contributed by atoms with van der Waals surface area (Å²) in [5, 5.41) is 5.09. The summed E-state index contributed by atoms with van der Waals surface area (Å²) in [4.78, 5) is 15.4. The number of nitrogens with two attached hydrogens (primary N) is 1. The minimum Gasteiger partial charge on any atom is -0.366 e. The number of alkyl halides is 6. The van der Waals surface area contributed by atoms with E-state index in [2.05, 4.69) is 16.7 Å². The number of hydrogen-bond donors (Lipinski definition) is 1. The molecule has 12 heteroatoms. The Labute approximate surface area is 196 Å². The molecule has 1 atom stereocenters. The van der Waals surface area contributed by atoms with Crippen molar-refractivity contribution in [3.05, 3.63) is 83.7 Å². The summed E-state index contributed by atoms with van der Waals surface area (Å²) in [6.07, 6.45) is -6.61. The maximum Gasteiger partial charge on any atom is 0.416 e. The highest BCUT2D eigenvalue weighted by atomic mass is 19.4. The van der Waals surface area contributed by atoms with Gasteiger partial charge in [-0.25, -0.2) is 9.99 Å². The second kappa shape index (κ2) is 10.7. The second-order valence-corrected chi connectivity index (χ2v) is 7.43. The minimum absolute atomic E-state index is 0.0234. The molecule has 188 valence electrons. The number of nitrogens with zero attached hydrogens (tertiary/aromatic N) is 3. The van der Waals surface area contributed by atoms with E-state index in [0.717, 1.165) is 29.7 Å². The van der Waals surface area contributed by atoms with Crippen LogP contribution < -0.4 is 5.73 Å². The molecule has 1 aromatic heterocycles. The van der Waals surface area contributed by atoms with Gasteiger partial charge in [-0.3, -0.25) is 4.79 Å². The molecule has 5 nitrogen and oxygen atoms in total. The number of hydrazone groups is 1. The average molecular weight is 502 g/mol. The van der Waals surface area contributed by atoms with E-state index in [0.29, 0.717) is 18.6 Å². The first-order chi connectivity index (χ1) is 16.2. The number of pyridine rings is 1. The fourth-order valence-electron chi connectivity index (χ4n) is 2.93. The van der Waals surface area contributed by atoms with Gasteiger partial charge in [-0.05, 0) is 42.3 Å². The van der Waals surface area contributed by atoms with Crippen LogP contribution in [0.5, 0.6) is 0 Å². The number of carbonyl (C=O) groups is 1. The second-order valence-electron chi connectivity index (χ2n) is 7.43. The fourth-order valence-corrected chi connectivity index (χ4v) is 2.93. The van der Waals surface area contributed by atoms with Crippen LogP contribution in [0.4, 0.5) is 30.7 Å². The van der Waals surface area contributed by atoms with E-state index in [1.165, 1.54) is 6.07 Å². The third-order valence-corrected chi connectivity index (χ3v) is 4.94. The Balaban J connectivity index is 2.73. The van der Waals surface area contributed by atoms with Crippen LogP contribution in [0, 0.1) is 11.9 Å². The molecule has 1 unspecified atom stereocenters. The summed E-state index contributed by atoms with van der Waals surface area (Å²) < 4.78 is 93.3. The summed E-state index contributed by atoms with van der Waals surface area (Å²) >= 11 is 0. The smallest absolute Gasteiger partial charge is 0.366 e. The Hall–Kier alpha value is -3.70. The quantitative estimate of drug-likeness (QED) is 0.159. The molecule has 1 heterocycles. The third kappa shape index (κ3) is 7.14. The van der Waals surface area contributed by atoms with Crippen molar-refractivity contribution in [1.29, 1.82) is 0 Å². The van der Waals surface area contributed by atoms with E-state index in [1.54, 1.807) is 13.8 Å². The van der Waals surface area contributed by atoms with Gasteiger partial charge in [0.15, 0.2) is 0 Å². The number of carbonyl (C=O) groups excluding carboxylic acids is 1. The zero-order valence-electron chi connectivity index (χ0n) is 18.6. The lowest BCUT2D eigenvalue weighted by molar-refractivity contribution is -0.143. The molecule has 35 heavy (non-hydrogen) atoms. The zero-order chi connectivity index (χ0) is 26.6. The lowest BCUT2D eigenvalue weighted by Crippen LogP contribution is -2.20. The van der Waals surface area contributed by atoms with E-state index in [1.807, 2.05) is 0 Å². The summed E-state index contributed by atoms with van der Waals surface area (Å²) in [7, 11) is 0. The van der Waals surface area contributed by atoms with E-state index in [-0.39, 0.29) is 22.9 Å². The Morgan fingerprint density at radius 1 is 1.11 bits per heavy atom. The number of hydrogen-bond acceptors (Lipinski definition) is 4. The van der Waals surface area contributed by atoms with Gasteiger partial charge in [-0.1, -0.05) is 20.4 Å². The molecule has 0 radical (unpaired) electrons. The molecule has 0 spiro atoms. The standard InChI is InChI=1S/C23H21F7N4O/c1-4-13(3)20(15-8-16(22(25,26)27)10-17(9-15)23(28,29)30)33-34(5-2)12-18(21(31)35)14-6-7-19(24)32-11-14/h5-13H,2,4H2,1,3H3,(H2,31,35)/b18-12-,33-20+. The number of benzene rings is 1. The van der Waals surface area contributed by atoms with Gasteiger partial charge in [0.05, 0.1) is 22.4 Å². The molecule has 1 amide bonds. The minimum atomic E-state index is -5.04. The highest BCUT2D eigenvalue weighted by molar-refractivity contribution is 6.18. The van der Waals surface area contributed by atoms with Crippen molar-refractivity contribution in [3.63, 3.8) is 0 Å². The Bertz CT molecular complexity index is 1100. The molecular formula is C23H21F7N4O. The van der Waals surface area contributed by atoms with Crippen LogP contribution in [-0.2, 0) is 17.1 Å². The molecule has 1 aromatic carbocycles. The van der Waals surface area contributed by atoms with E-state index in [9.17, 15) is 35.5 Å². The van der Waals surface area contributed by atoms with Crippen molar-refractivity contribution in [2.45, 2.75) is 32.6 Å². The van der Waals surface area contributed by atoms with Crippen molar-refractivity contribution in [2.24, 2.45) is 16.8 Å². The van der Waals surface area contributed by atoms with E-state index in [4.69, 9.17) is 5.73 Å². The van der Waals surface area contributed by atoms with Gasteiger partial charge in [0, 0.05) is 30.1 Å². The SMILES string of the molecule is C=CN(/C=C(\C(N)=O)c1ccc(F)nc1)/N=C(/c1cc(C(F)(F)F)cc(C(F)(F)F)c1)C(C)CC. The summed E-state index contributed by atoms with van der Waals surface area (Å²) in [5.41, 5.74) is 1.76. The first-order valence-corrected chi connectivity index (χ1v) is 10.1. The van der Waals surface area contributed by atoms with Gasteiger partial charge in [-0.2, -0.15) is 35.8 Å². The van der Waals surface area contributed by atoms with Crippen LogP contribution in [0.3, 0.4) is 0 Å². The van der Waals surface area contributed by atoms with Crippen molar-refractivity contribution in [3.8, 4) is 0 Å². The van der Waals surface area contributed by atoms with E-state index < -0.39 is 46.8 Å². The summed E-state index contributed by atoms with van der Waals surface area (Å²) in [5.74, 6) is -2.39. The van der Waals surface area contributed by atoms with Crippen molar-refractivity contribution >= 4 is 17.2 Å². The van der Waals surface area contributed by atoms with Gasteiger partial charge in [0.25, 0.3) is 5.91 Å². The number of primary amides is 1. The van der Waals surface area contributed by atoms with Gasteiger partial charge in [-0.15, -0.1) is 0 Å². The third-order valence-electron chi connectivity index (χ3n) is 4.94. The normalized spacial score (nSPS) is 14.0. The number of aromatic nitrogens is 1. The fraction of sp³-hybridized carbons (Fsp3) is 0.261. The van der Waals surface area contributed by atoms with Crippen molar-refractivity contribution in [2.75, 3.05) is 0 Å². The largest absolute Gasteiger partial charge is 0.416 e. The zero-order valence-corrected chi connectivity index (χ0v) is 18.6. The van der Waals surface area contributed by atoms with Crippen molar-refractivity contribution < 1.29 is 35.5 Å². The predicted molar refractivity (Wildman–Crippen MR) is 116 cm³/mol. The molecule has 0 saturated heterocycles. The summed E-state index contributed by atoms with van der Waals surface area (Å²) in [6.45, 7) is 6.75. The van der Waals surface area contributed by atoms with Crippen LogP contribution in [0.25, 0.3) is 5.57 Å². The molecule has 0 saturated carbocycles. The Morgan fingerprint density at radius 2 is 1.69 bits per heavy atom. The molecular weight excluding hydrogens is 481 g/mol. The summed E-state index contributed by atoms with van der Waals surface area (Å²) in [6, 6.07) is 3.35. The van der Waals surface area contributed by atoms with Crippen LogP contribution >= 0.6 is 0 Å². The van der Waals surface area contributed by atoms with Gasteiger partial charge in [0.2, 0.25) is 5.95 Å². The van der Waals surface area contributed by atoms with Crippen molar-refractivity contribution in [1.82, 2.24) is 9.99 Å². The molecule has 0 aliphatic rings. The Kier molecular flexibility index (Phi) is 8.42.